The number of nitrogens with one attached hydrogen (secondary N) is 4. The number of esters is 1. The maximum Gasteiger partial charge on any atom is 0.330 e. The van der Waals surface area contributed by atoms with E-state index in [2.05, 4.69) is 31.2 Å². The molecule has 4 N–H and O–H groups in total. The second kappa shape index (κ2) is 13.2. The molecule has 0 aliphatic carbocycles. The maximum absolute atomic E-state index is 12.7. The molecule has 12 nitrogen and oxygen atoms in total. The number of rotatable bonds is 9. The van der Waals surface area contributed by atoms with Crippen molar-refractivity contribution >= 4 is 69.4 Å². The van der Waals surface area contributed by atoms with E-state index in [4.69, 9.17) is 23.2 Å². The number of carbonyl (C=O) groups excluding carboxylic acids is 3. The largest absolute Gasteiger partial charge is 0.463 e. The number of benzene rings is 2. The summed E-state index contributed by atoms with van der Waals surface area (Å²) in [5.41, 5.74) is 6.06. The van der Waals surface area contributed by atoms with Crippen LogP contribution in [0.4, 0.5) is 28.4 Å². The van der Waals surface area contributed by atoms with E-state index in [1.807, 2.05) is 0 Å². The Bertz CT molecular complexity index is 1460. The number of anilines is 4. The lowest BCUT2D eigenvalue weighted by Gasteiger charge is -2.18. The van der Waals surface area contributed by atoms with E-state index in [0.717, 1.165) is 12.2 Å². The lowest BCUT2D eigenvalue weighted by molar-refractivity contribution is -0.383. The van der Waals surface area contributed by atoms with Crippen LogP contribution in [0.25, 0.3) is 0 Å². The van der Waals surface area contributed by atoms with Crippen LogP contribution < -0.4 is 21.5 Å². The van der Waals surface area contributed by atoms with Gasteiger partial charge in [-0.25, -0.2) is 4.79 Å². The highest BCUT2D eigenvalue weighted by atomic mass is 35.5. The molecule has 0 bridgehead atoms. The molecule has 0 saturated carbocycles. The van der Waals surface area contributed by atoms with Crippen LogP contribution in [0.15, 0.2) is 60.9 Å². The second-order valence-corrected chi connectivity index (χ2v) is 8.48. The van der Waals surface area contributed by atoms with Gasteiger partial charge in [0.15, 0.2) is 0 Å². The molecule has 3 aromatic rings. The highest BCUT2D eigenvalue weighted by Crippen LogP contribution is 2.41. The van der Waals surface area contributed by atoms with E-state index in [1.54, 1.807) is 32.0 Å². The number of amides is 2. The van der Waals surface area contributed by atoms with Gasteiger partial charge in [0, 0.05) is 36.3 Å². The fourth-order valence-electron chi connectivity index (χ4n) is 3.23. The van der Waals surface area contributed by atoms with Crippen molar-refractivity contribution in [2.24, 2.45) is 0 Å². The van der Waals surface area contributed by atoms with E-state index in [0.29, 0.717) is 16.9 Å². The van der Waals surface area contributed by atoms with E-state index >= 15 is 0 Å². The quantitative estimate of drug-likeness (QED) is 0.120. The standard InChI is InChI=1S/C25H22Cl2N6O6/c1-3-39-22(35)9-8-21(34)31-32-25(36)15-13-28-11-10-17(15)29-19-12-16(26)24(23(27)14(19)2)30-18-6-4-5-7-20(18)33(37)38/h4-13,30H,3H2,1-2H3,(H,28,29)(H,31,34)(H,32,36)/b9-8+. The normalized spacial score (nSPS) is 10.6. The number of nitro groups is 1. The van der Waals surface area contributed by atoms with Gasteiger partial charge in [-0.3, -0.25) is 35.5 Å². The van der Waals surface area contributed by atoms with Gasteiger partial charge in [0.2, 0.25) is 0 Å². The number of pyridine rings is 1. The molecule has 0 radical (unpaired) electrons. The van der Waals surface area contributed by atoms with Crippen LogP contribution >= 0.6 is 23.2 Å². The third-order valence-corrected chi connectivity index (χ3v) is 5.89. The first-order chi connectivity index (χ1) is 18.6. The van der Waals surface area contributed by atoms with E-state index < -0.39 is 22.7 Å². The molecule has 0 aliphatic heterocycles. The topological polar surface area (TPSA) is 165 Å². The van der Waals surface area contributed by atoms with Gasteiger partial charge in [0.1, 0.15) is 5.69 Å². The predicted octanol–water partition coefficient (Wildman–Crippen LogP) is 4.97. The predicted molar refractivity (Wildman–Crippen MR) is 146 cm³/mol. The Morgan fingerprint density at radius 2 is 1.79 bits per heavy atom. The monoisotopic (exact) mass is 572 g/mol. The third kappa shape index (κ3) is 7.43. The molecule has 0 fully saturated rings. The Labute approximate surface area is 232 Å². The molecule has 0 unspecified atom stereocenters. The lowest BCUT2D eigenvalue weighted by Crippen LogP contribution is -2.41. The molecule has 0 atom stereocenters. The fraction of sp³-hybridized carbons (Fsp3) is 0.120. The Hall–Kier alpha value is -4.68. The first-order valence-electron chi connectivity index (χ1n) is 11.3. The number of hydrogen-bond acceptors (Lipinski definition) is 9. The van der Waals surface area contributed by atoms with Crippen molar-refractivity contribution in [2.75, 3.05) is 17.2 Å². The molecule has 202 valence electrons. The van der Waals surface area contributed by atoms with Gasteiger partial charge in [0.25, 0.3) is 17.5 Å². The van der Waals surface area contributed by atoms with Crippen molar-refractivity contribution in [3.8, 4) is 0 Å². The van der Waals surface area contributed by atoms with Gasteiger partial charge in [-0.1, -0.05) is 35.3 Å². The van der Waals surface area contributed by atoms with E-state index in [1.165, 1.54) is 30.6 Å². The number of nitro benzene ring substituents is 1. The van der Waals surface area contributed by atoms with Crippen molar-refractivity contribution in [1.82, 2.24) is 15.8 Å². The van der Waals surface area contributed by atoms with E-state index in [9.17, 15) is 24.5 Å². The molecule has 14 heteroatoms. The summed E-state index contributed by atoms with van der Waals surface area (Å²) in [6, 6.07) is 9.12. The minimum atomic E-state index is -0.758. The molecular weight excluding hydrogens is 551 g/mol. The summed E-state index contributed by atoms with van der Waals surface area (Å²) in [4.78, 5) is 50.7. The van der Waals surface area contributed by atoms with Crippen molar-refractivity contribution in [1.29, 1.82) is 0 Å². The van der Waals surface area contributed by atoms with E-state index in [-0.39, 0.29) is 39.3 Å². The summed E-state index contributed by atoms with van der Waals surface area (Å²) in [5, 5.41) is 17.7. The van der Waals surface area contributed by atoms with Gasteiger partial charge in [-0.2, -0.15) is 0 Å². The minimum absolute atomic E-state index is 0.0703. The van der Waals surface area contributed by atoms with Crippen LogP contribution in [0.3, 0.4) is 0 Å². The van der Waals surface area contributed by atoms with Crippen molar-refractivity contribution in [3.05, 3.63) is 92.2 Å². The lowest BCUT2D eigenvalue weighted by atomic mass is 10.1. The zero-order chi connectivity index (χ0) is 28.5. The molecule has 0 saturated heterocycles. The van der Waals surface area contributed by atoms with Gasteiger partial charge in [-0.15, -0.1) is 0 Å². The zero-order valence-electron chi connectivity index (χ0n) is 20.6. The summed E-state index contributed by atoms with van der Waals surface area (Å²) in [7, 11) is 0. The van der Waals surface area contributed by atoms with Crippen LogP contribution in [0, 0.1) is 17.0 Å². The molecule has 1 heterocycles. The Morgan fingerprint density at radius 1 is 1.05 bits per heavy atom. The van der Waals surface area contributed by atoms with Gasteiger partial charge in [0.05, 0.1) is 38.5 Å². The van der Waals surface area contributed by atoms with Crippen LogP contribution in [0.1, 0.15) is 22.8 Å². The molecule has 2 aromatic carbocycles. The molecular formula is C25H22Cl2N6O6. The zero-order valence-corrected chi connectivity index (χ0v) is 22.1. The molecule has 39 heavy (non-hydrogen) atoms. The van der Waals surface area contributed by atoms with Crippen molar-refractivity contribution in [2.45, 2.75) is 13.8 Å². The molecule has 0 spiro atoms. The first kappa shape index (κ1) is 28.9. The number of para-hydroxylation sites is 2. The Balaban J connectivity index is 1.79. The second-order valence-electron chi connectivity index (χ2n) is 7.69. The molecule has 2 amide bonds. The van der Waals surface area contributed by atoms with Crippen molar-refractivity contribution < 1.29 is 24.0 Å². The third-order valence-electron chi connectivity index (χ3n) is 5.11. The average Bonchev–Trinajstić information content (AvgIpc) is 2.92. The summed E-state index contributed by atoms with van der Waals surface area (Å²) in [5.74, 6) is -2.16. The Kier molecular flexibility index (Phi) is 9.79. The maximum atomic E-state index is 12.7. The average molecular weight is 573 g/mol. The number of nitrogens with zero attached hydrogens (tertiary/aromatic N) is 2. The van der Waals surface area contributed by atoms with Crippen LogP contribution in [-0.2, 0) is 14.3 Å². The van der Waals surface area contributed by atoms with Crippen LogP contribution in [0.5, 0.6) is 0 Å². The summed E-state index contributed by atoms with van der Waals surface area (Å²) in [6.45, 7) is 3.48. The molecule has 0 aliphatic rings. The number of ether oxygens (including phenoxy) is 1. The number of halogens is 2. The number of aromatic nitrogens is 1. The molecule has 3 rings (SSSR count). The summed E-state index contributed by atoms with van der Waals surface area (Å²) >= 11 is 13.1. The number of hydrazine groups is 1. The smallest absolute Gasteiger partial charge is 0.330 e. The van der Waals surface area contributed by atoms with Crippen LogP contribution in [-0.4, -0.2) is 34.3 Å². The minimum Gasteiger partial charge on any atom is -0.463 e. The summed E-state index contributed by atoms with van der Waals surface area (Å²) < 4.78 is 4.68. The fourth-order valence-corrected chi connectivity index (χ4v) is 3.78. The van der Waals surface area contributed by atoms with Gasteiger partial charge >= 0.3 is 5.97 Å². The highest BCUT2D eigenvalue weighted by molar-refractivity contribution is 6.40. The number of hydrogen-bond donors (Lipinski definition) is 4. The molecule has 1 aromatic heterocycles. The first-order valence-corrected chi connectivity index (χ1v) is 12.0. The van der Waals surface area contributed by atoms with Crippen molar-refractivity contribution in [3.63, 3.8) is 0 Å². The number of carbonyl (C=O) groups is 3. The Morgan fingerprint density at radius 3 is 2.51 bits per heavy atom. The SMILES string of the molecule is CCOC(=O)/C=C/C(=O)NNC(=O)c1cnccc1Nc1cc(Cl)c(Nc2ccccc2[N+](=O)[O-])c(Cl)c1C. The van der Waals surface area contributed by atoms with Crippen LogP contribution in [0.2, 0.25) is 10.0 Å². The van der Waals surface area contributed by atoms with Gasteiger partial charge < -0.3 is 15.4 Å². The summed E-state index contributed by atoms with van der Waals surface area (Å²) in [6.07, 6.45) is 4.56. The highest BCUT2D eigenvalue weighted by Gasteiger charge is 2.19. The van der Waals surface area contributed by atoms with Gasteiger partial charge in [-0.05, 0) is 37.6 Å².